The minimum atomic E-state index is -3.75. The molecule has 0 aromatic heterocycles. The standard InChI is InChI=1S/C12H13NO3S/c1-2-3-5-10-12(14)13-17(15,16)11-8-6-4-7-9-11/h1,4,6-9H,3,5,10H2,(H,13,14). The first-order valence-electron chi connectivity index (χ1n) is 5.10. The normalized spacial score (nSPS) is 10.5. The summed E-state index contributed by atoms with van der Waals surface area (Å²) in [5.74, 6) is 1.85. The molecule has 0 aliphatic carbocycles. The molecule has 0 aliphatic rings. The summed E-state index contributed by atoms with van der Waals surface area (Å²) in [4.78, 5) is 11.4. The SMILES string of the molecule is C#CCCCC(=O)NS(=O)(=O)c1ccccc1. The Kier molecular flexibility index (Phi) is 4.73. The zero-order valence-corrected chi connectivity index (χ0v) is 10.0. The number of sulfonamides is 1. The van der Waals surface area contributed by atoms with Crippen LogP contribution in [0.15, 0.2) is 35.2 Å². The van der Waals surface area contributed by atoms with Gasteiger partial charge in [0.15, 0.2) is 0 Å². The monoisotopic (exact) mass is 251 g/mol. The summed E-state index contributed by atoms with van der Waals surface area (Å²) in [6.45, 7) is 0. The van der Waals surface area contributed by atoms with Crippen LogP contribution in [0.2, 0.25) is 0 Å². The van der Waals surface area contributed by atoms with Crippen LogP contribution in [0.25, 0.3) is 0 Å². The quantitative estimate of drug-likeness (QED) is 0.633. The molecule has 1 aromatic carbocycles. The van der Waals surface area contributed by atoms with Crippen LogP contribution in [0.4, 0.5) is 0 Å². The van der Waals surface area contributed by atoms with Gasteiger partial charge in [0.2, 0.25) is 5.91 Å². The molecule has 0 unspecified atom stereocenters. The van der Waals surface area contributed by atoms with Crippen LogP contribution in [0, 0.1) is 12.3 Å². The van der Waals surface area contributed by atoms with E-state index in [0.29, 0.717) is 12.8 Å². The minimum Gasteiger partial charge on any atom is -0.274 e. The number of benzene rings is 1. The molecule has 0 bridgehead atoms. The molecule has 0 saturated carbocycles. The zero-order chi connectivity index (χ0) is 12.7. The number of carbonyl (C=O) groups excluding carboxylic acids is 1. The van der Waals surface area contributed by atoms with Gasteiger partial charge in [-0.15, -0.1) is 12.3 Å². The fourth-order valence-corrected chi connectivity index (χ4v) is 2.25. The summed E-state index contributed by atoms with van der Waals surface area (Å²) < 4.78 is 25.4. The molecule has 0 atom stereocenters. The average Bonchev–Trinajstić information content (AvgIpc) is 2.30. The van der Waals surface area contributed by atoms with E-state index in [9.17, 15) is 13.2 Å². The van der Waals surface area contributed by atoms with Crippen molar-refractivity contribution in [2.24, 2.45) is 0 Å². The lowest BCUT2D eigenvalue weighted by atomic mass is 10.2. The van der Waals surface area contributed by atoms with Gasteiger partial charge in [-0.1, -0.05) is 18.2 Å². The Balaban J connectivity index is 2.63. The Morgan fingerprint density at radius 2 is 1.94 bits per heavy atom. The third kappa shape index (κ3) is 4.29. The van der Waals surface area contributed by atoms with Gasteiger partial charge in [-0.3, -0.25) is 4.79 Å². The lowest BCUT2D eigenvalue weighted by Gasteiger charge is -2.05. The summed E-state index contributed by atoms with van der Waals surface area (Å²) in [5, 5.41) is 0. The van der Waals surface area contributed by atoms with Gasteiger partial charge in [0, 0.05) is 12.8 Å². The van der Waals surface area contributed by atoms with Gasteiger partial charge in [-0.25, -0.2) is 13.1 Å². The van der Waals surface area contributed by atoms with E-state index in [1.54, 1.807) is 18.2 Å². The van der Waals surface area contributed by atoms with Crippen molar-refractivity contribution < 1.29 is 13.2 Å². The molecule has 1 rings (SSSR count). The molecule has 17 heavy (non-hydrogen) atoms. The van der Waals surface area contributed by atoms with Gasteiger partial charge in [0.05, 0.1) is 4.90 Å². The lowest BCUT2D eigenvalue weighted by molar-refractivity contribution is -0.119. The Labute approximate surface area is 101 Å². The smallest absolute Gasteiger partial charge is 0.264 e. The number of rotatable bonds is 5. The van der Waals surface area contributed by atoms with E-state index < -0.39 is 15.9 Å². The van der Waals surface area contributed by atoms with E-state index in [1.807, 2.05) is 4.72 Å². The first kappa shape index (κ1) is 13.3. The van der Waals surface area contributed by atoms with Crippen molar-refractivity contribution in [1.29, 1.82) is 0 Å². The van der Waals surface area contributed by atoms with Crippen LogP contribution >= 0.6 is 0 Å². The van der Waals surface area contributed by atoms with Gasteiger partial charge < -0.3 is 0 Å². The molecular weight excluding hydrogens is 238 g/mol. The maximum atomic E-state index is 11.7. The van der Waals surface area contributed by atoms with Crippen molar-refractivity contribution in [3.63, 3.8) is 0 Å². The second-order valence-electron chi connectivity index (χ2n) is 3.40. The van der Waals surface area contributed by atoms with Crippen LogP contribution < -0.4 is 4.72 Å². The Bertz CT molecular complexity index is 514. The second-order valence-corrected chi connectivity index (χ2v) is 5.08. The van der Waals surface area contributed by atoms with Crippen molar-refractivity contribution >= 4 is 15.9 Å². The second kappa shape index (κ2) is 6.06. The van der Waals surface area contributed by atoms with Gasteiger partial charge in [-0.05, 0) is 18.6 Å². The molecule has 4 nitrogen and oxygen atoms in total. The maximum Gasteiger partial charge on any atom is 0.264 e. The highest BCUT2D eigenvalue weighted by Gasteiger charge is 2.16. The minimum absolute atomic E-state index is 0.0744. The number of unbranched alkanes of at least 4 members (excludes halogenated alkanes) is 1. The number of hydrogen-bond donors (Lipinski definition) is 1. The molecule has 0 aliphatic heterocycles. The van der Waals surface area contributed by atoms with E-state index in [2.05, 4.69) is 5.92 Å². The zero-order valence-electron chi connectivity index (χ0n) is 9.22. The molecule has 90 valence electrons. The molecule has 1 amide bonds. The molecule has 0 radical (unpaired) electrons. The van der Waals surface area contributed by atoms with Crippen molar-refractivity contribution in [2.45, 2.75) is 24.2 Å². The van der Waals surface area contributed by atoms with Crippen molar-refractivity contribution in [1.82, 2.24) is 4.72 Å². The van der Waals surface area contributed by atoms with Crippen molar-refractivity contribution in [2.75, 3.05) is 0 Å². The van der Waals surface area contributed by atoms with Crippen LogP contribution in [0.1, 0.15) is 19.3 Å². The molecule has 0 heterocycles. The van der Waals surface area contributed by atoms with Gasteiger partial charge in [0.25, 0.3) is 10.0 Å². The summed E-state index contributed by atoms with van der Waals surface area (Å²) >= 11 is 0. The molecular formula is C12H13NO3S. The molecule has 0 spiro atoms. The number of nitrogens with one attached hydrogen (secondary N) is 1. The highest BCUT2D eigenvalue weighted by atomic mass is 32.2. The van der Waals surface area contributed by atoms with Crippen LogP contribution in [0.5, 0.6) is 0 Å². The predicted molar refractivity (Wildman–Crippen MR) is 64.5 cm³/mol. The van der Waals surface area contributed by atoms with Crippen molar-refractivity contribution in [3.8, 4) is 12.3 Å². The first-order chi connectivity index (χ1) is 8.06. The highest BCUT2D eigenvalue weighted by Crippen LogP contribution is 2.07. The Morgan fingerprint density at radius 3 is 2.53 bits per heavy atom. The van der Waals surface area contributed by atoms with E-state index in [4.69, 9.17) is 6.42 Å². The largest absolute Gasteiger partial charge is 0.274 e. The summed E-state index contributed by atoms with van der Waals surface area (Å²) in [7, 11) is -3.75. The summed E-state index contributed by atoms with van der Waals surface area (Å²) in [6.07, 6.45) is 6.08. The molecule has 1 N–H and O–H groups in total. The third-order valence-corrected chi connectivity index (χ3v) is 3.42. The van der Waals surface area contributed by atoms with Crippen molar-refractivity contribution in [3.05, 3.63) is 30.3 Å². The average molecular weight is 251 g/mol. The number of terminal acetylenes is 1. The van der Waals surface area contributed by atoms with E-state index in [1.165, 1.54) is 12.1 Å². The Morgan fingerprint density at radius 1 is 1.29 bits per heavy atom. The molecule has 0 fully saturated rings. The molecule has 5 heteroatoms. The van der Waals surface area contributed by atoms with Crippen LogP contribution in [-0.4, -0.2) is 14.3 Å². The van der Waals surface area contributed by atoms with E-state index in [-0.39, 0.29) is 11.3 Å². The van der Waals surface area contributed by atoms with Gasteiger partial charge >= 0.3 is 0 Å². The number of hydrogen-bond acceptors (Lipinski definition) is 3. The maximum absolute atomic E-state index is 11.7. The Hall–Kier alpha value is -1.80. The van der Waals surface area contributed by atoms with E-state index in [0.717, 1.165) is 0 Å². The lowest BCUT2D eigenvalue weighted by Crippen LogP contribution is -2.30. The topological polar surface area (TPSA) is 63.2 Å². The van der Waals surface area contributed by atoms with Gasteiger partial charge in [0.1, 0.15) is 0 Å². The highest BCUT2D eigenvalue weighted by molar-refractivity contribution is 7.90. The third-order valence-electron chi connectivity index (χ3n) is 2.03. The van der Waals surface area contributed by atoms with E-state index >= 15 is 0 Å². The van der Waals surface area contributed by atoms with Crippen LogP contribution in [-0.2, 0) is 14.8 Å². The molecule has 1 aromatic rings. The molecule has 0 saturated heterocycles. The number of amides is 1. The predicted octanol–water partition coefficient (Wildman–Crippen LogP) is 1.29. The number of carbonyl (C=O) groups is 1. The summed E-state index contributed by atoms with van der Waals surface area (Å²) in [5.41, 5.74) is 0. The fraction of sp³-hybridized carbons (Fsp3) is 0.250. The fourth-order valence-electron chi connectivity index (χ4n) is 1.21. The first-order valence-corrected chi connectivity index (χ1v) is 6.59. The summed E-state index contributed by atoms with van der Waals surface area (Å²) in [6, 6.07) is 7.75. The van der Waals surface area contributed by atoms with Gasteiger partial charge in [-0.2, -0.15) is 0 Å². The van der Waals surface area contributed by atoms with Crippen LogP contribution in [0.3, 0.4) is 0 Å².